The van der Waals surface area contributed by atoms with Crippen molar-refractivity contribution in [3.8, 4) is 0 Å². The molecular weight excluding hydrogens is 310 g/mol. The second-order valence-electron chi connectivity index (χ2n) is 5.95. The quantitative estimate of drug-likeness (QED) is 0.432. The van der Waals surface area contributed by atoms with Gasteiger partial charge in [-0.1, -0.05) is 36.8 Å². The van der Waals surface area contributed by atoms with Crippen molar-refractivity contribution in [2.75, 3.05) is 31.6 Å². The first-order valence-electron chi connectivity index (χ1n) is 8.08. The molecule has 0 aliphatic carbocycles. The van der Waals surface area contributed by atoms with Gasteiger partial charge in [-0.3, -0.25) is 4.99 Å². The van der Waals surface area contributed by atoms with Crippen LogP contribution in [-0.2, 0) is 9.84 Å². The zero-order valence-electron chi connectivity index (χ0n) is 14.6. The van der Waals surface area contributed by atoms with Crippen molar-refractivity contribution in [1.29, 1.82) is 0 Å². The molecule has 0 fully saturated rings. The van der Waals surface area contributed by atoms with Gasteiger partial charge in [0.2, 0.25) is 0 Å². The summed E-state index contributed by atoms with van der Waals surface area (Å²) in [6, 6.07) is 8.47. The number of hydrogen-bond donors (Lipinski definition) is 2. The fourth-order valence-electron chi connectivity index (χ4n) is 2.19. The maximum absolute atomic E-state index is 11.1. The lowest BCUT2D eigenvalue weighted by molar-refractivity contribution is 0.598. The Labute approximate surface area is 140 Å². The van der Waals surface area contributed by atoms with Gasteiger partial charge in [0.25, 0.3) is 0 Å². The summed E-state index contributed by atoms with van der Waals surface area (Å²) in [5.74, 6) is 1.26. The lowest BCUT2D eigenvalue weighted by atomic mass is 10.00. The van der Waals surface area contributed by atoms with Crippen molar-refractivity contribution >= 4 is 15.8 Å². The molecule has 1 rings (SSSR count). The van der Waals surface area contributed by atoms with E-state index in [1.807, 2.05) is 6.92 Å². The smallest absolute Gasteiger partial charge is 0.191 e. The van der Waals surface area contributed by atoms with Crippen molar-refractivity contribution in [3.63, 3.8) is 0 Å². The SMILES string of the molecule is CCNC(=NCC(C)c1cccc(C)c1)NCCCS(C)(=O)=O. The molecule has 1 aromatic rings. The largest absolute Gasteiger partial charge is 0.357 e. The first-order chi connectivity index (χ1) is 10.8. The highest BCUT2D eigenvalue weighted by Gasteiger charge is 2.06. The Morgan fingerprint density at radius 1 is 1.30 bits per heavy atom. The van der Waals surface area contributed by atoms with Crippen LogP contribution < -0.4 is 10.6 Å². The van der Waals surface area contributed by atoms with E-state index in [1.54, 1.807) is 0 Å². The number of sulfone groups is 1. The van der Waals surface area contributed by atoms with Gasteiger partial charge in [0, 0.05) is 31.8 Å². The molecule has 0 bridgehead atoms. The van der Waals surface area contributed by atoms with Crippen LogP contribution in [0.25, 0.3) is 0 Å². The molecule has 23 heavy (non-hydrogen) atoms. The predicted octanol–water partition coefficient (Wildman–Crippen LogP) is 2.09. The van der Waals surface area contributed by atoms with Crippen molar-refractivity contribution in [2.24, 2.45) is 4.99 Å². The molecule has 0 aromatic heterocycles. The molecule has 0 saturated carbocycles. The normalized spacial score (nSPS) is 13.7. The number of benzene rings is 1. The van der Waals surface area contributed by atoms with Crippen molar-refractivity contribution in [3.05, 3.63) is 35.4 Å². The Morgan fingerprint density at radius 2 is 2.04 bits per heavy atom. The molecule has 0 saturated heterocycles. The second-order valence-corrected chi connectivity index (χ2v) is 8.20. The molecule has 0 radical (unpaired) electrons. The fourth-order valence-corrected chi connectivity index (χ4v) is 2.86. The van der Waals surface area contributed by atoms with E-state index in [2.05, 4.69) is 53.7 Å². The van der Waals surface area contributed by atoms with E-state index in [1.165, 1.54) is 17.4 Å². The van der Waals surface area contributed by atoms with Gasteiger partial charge in [-0.25, -0.2) is 8.42 Å². The van der Waals surface area contributed by atoms with E-state index in [-0.39, 0.29) is 5.75 Å². The van der Waals surface area contributed by atoms with Gasteiger partial charge in [-0.15, -0.1) is 0 Å². The highest BCUT2D eigenvalue weighted by Crippen LogP contribution is 2.16. The molecule has 1 unspecified atom stereocenters. The van der Waals surface area contributed by atoms with Gasteiger partial charge in [0.15, 0.2) is 5.96 Å². The molecular formula is C17H29N3O2S. The number of nitrogens with one attached hydrogen (secondary N) is 2. The summed E-state index contributed by atoms with van der Waals surface area (Å²) in [4.78, 5) is 4.60. The van der Waals surface area contributed by atoms with Crippen LogP contribution in [0.15, 0.2) is 29.3 Å². The van der Waals surface area contributed by atoms with Crippen LogP contribution in [0.2, 0.25) is 0 Å². The summed E-state index contributed by atoms with van der Waals surface area (Å²) in [6.45, 7) is 8.31. The van der Waals surface area contributed by atoms with E-state index in [0.29, 0.717) is 25.4 Å². The van der Waals surface area contributed by atoms with Gasteiger partial charge in [-0.05, 0) is 25.8 Å². The summed E-state index contributed by atoms with van der Waals surface area (Å²) in [5.41, 5.74) is 2.53. The van der Waals surface area contributed by atoms with Crippen LogP contribution in [0.4, 0.5) is 0 Å². The lowest BCUT2D eigenvalue weighted by Crippen LogP contribution is -2.38. The van der Waals surface area contributed by atoms with Gasteiger partial charge < -0.3 is 10.6 Å². The average Bonchev–Trinajstić information content (AvgIpc) is 2.47. The molecule has 1 atom stereocenters. The standard InChI is InChI=1S/C17H29N3O2S/c1-5-18-17(19-10-7-11-23(4,21)22)20-13-15(3)16-9-6-8-14(2)12-16/h6,8-9,12,15H,5,7,10-11,13H2,1-4H3,(H2,18,19,20). The third kappa shape index (κ3) is 8.59. The zero-order chi connectivity index (χ0) is 17.3. The number of nitrogens with zero attached hydrogens (tertiary/aromatic N) is 1. The van der Waals surface area contributed by atoms with Crippen LogP contribution >= 0.6 is 0 Å². The number of hydrogen-bond acceptors (Lipinski definition) is 3. The Morgan fingerprint density at radius 3 is 2.65 bits per heavy atom. The summed E-state index contributed by atoms with van der Waals surface area (Å²) in [7, 11) is -2.90. The predicted molar refractivity (Wildman–Crippen MR) is 97.9 cm³/mol. The molecule has 2 N–H and O–H groups in total. The number of aryl methyl sites for hydroxylation is 1. The van der Waals surface area contributed by atoms with Crippen LogP contribution in [0, 0.1) is 6.92 Å². The van der Waals surface area contributed by atoms with E-state index >= 15 is 0 Å². The van der Waals surface area contributed by atoms with Crippen molar-refractivity contribution in [1.82, 2.24) is 10.6 Å². The minimum Gasteiger partial charge on any atom is -0.357 e. The molecule has 0 aliphatic rings. The Hall–Kier alpha value is -1.56. The summed E-state index contributed by atoms with van der Waals surface area (Å²) < 4.78 is 22.3. The molecule has 0 amide bonds. The molecule has 130 valence electrons. The lowest BCUT2D eigenvalue weighted by Gasteiger charge is -2.14. The van der Waals surface area contributed by atoms with Crippen molar-refractivity contribution < 1.29 is 8.42 Å². The molecule has 6 heteroatoms. The topological polar surface area (TPSA) is 70.6 Å². The monoisotopic (exact) mass is 339 g/mol. The molecule has 0 aliphatic heterocycles. The number of rotatable bonds is 8. The Kier molecular flexibility index (Phi) is 8.09. The maximum atomic E-state index is 11.1. The summed E-state index contributed by atoms with van der Waals surface area (Å²) >= 11 is 0. The summed E-state index contributed by atoms with van der Waals surface area (Å²) in [6.07, 6.45) is 1.84. The maximum Gasteiger partial charge on any atom is 0.191 e. The summed E-state index contributed by atoms with van der Waals surface area (Å²) in [5, 5.41) is 6.37. The van der Waals surface area contributed by atoms with Crippen LogP contribution in [-0.4, -0.2) is 46.0 Å². The third-order valence-corrected chi connectivity index (χ3v) is 4.49. The molecule has 0 heterocycles. The van der Waals surface area contributed by atoms with Crippen LogP contribution in [0.1, 0.15) is 37.3 Å². The van der Waals surface area contributed by atoms with Crippen LogP contribution in [0.5, 0.6) is 0 Å². The van der Waals surface area contributed by atoms with Gasteiger partial charge in [-0.2, -0.15) is 0 Å². The van der Waals surface area contributed by atoms with Gasteiger partial charge in [0.05, 0.1) is 5.75 Å². The average molecular weight is 340 g/mol. The van der Waals surface area contributed by atoms with Crippen LogP contribution in [0.3, 0.4) is 0 Å². The number of aliphatic imine (C=N–C) groups is 1. The molecule has 5 nitrogen and oxygen atoms in total. The fraction of sp³-hybridized carbons (Fsp3) is 0.588. The minimum absolute atomic E-state index is 0.194. The van der Waals surface area contributed by atoms with E-state index in [4.69, 9.17) is 0 Å². The minimum atomic E-state index is -2.90. The van der Waals surface area contributed by atoms with Gasteiger partial charge >= 0.3 is 0 Å². The van der Waals surface area contributed by atoms with E-state index in [9.17, 15) is 8.42 Å². The second kappa shape index (κ2) is 9.55. The highest BCUT2D eigenvalue weighted by molar-refractivity contribution is 7.90. The highest BCUT2D eigenvalue weighted by atomic mass is 32.2. The molecule has 1 aromatic carbocycles. The van der Waals surface area contributed by atoms with E-state index in [0.717, 1.165) is 12.5 Å². The Balaban J connectivity index is 2.53. The van der Waals surface area contributed by atoms with Gasteiger partial charge in [0.1, 0.15) is 9.84 Å². The third-order valence-electron chi connectivity index (χ3n) is 3.46. The van der Waals surface area contributed by atoms with Crippen molar-refractivity contribution in [2.45, 2.75) is 33.1 Å². The first kappa shape index (κ1) is 19.5. The van der Waals surface area contributed by atoms with E-state index < -0.39 is 9.84 Å². The Bertz CT molecular complexity index is 612. The molecule has 0 spiro atoms. The zero-order valence-corrected chi connectivity index (χ0v) is 15.4. The number of guanidine groups is 1. The first-order valence-corrected chi connectivity index (χ1v) is 10.1.